The summed E-state index contributed by atoms with van der Waals surface area (Å²) >= 11 is 0. The number of nitrogens with zero attached hydrogens (tertiary/aromatic N) is 1. The Morgan fingerprint density at radius 3 is 2.53 bits per heavy atom. The second-order valence-corrected chi connectivity index (χ2v) is 8.17. The monoisotopic (exact) mass is 277 g/mol. The van der Waals surface area contributed by atoms with Crippen molar-refractivity contribution < 1.29 is 4.43 Å². The molecule has 1 saturated heterocycles. The lowest BCUT2D eigenvalue weighted by Gasteiger charge is -2.17. The summed E-state index contributed by atoms with van der Waals surface area (Å²) in [6.07, 6.45) is 0. The van der Waals surface area contributed by atoms with E-state index in [0.717, 1.165) is 13.2 Å². The zero-order chi connectivity index (χ0) is 13.9. The normalized spacial score (nSPS) is 27.1. The fraction of sp³-hybridized carbons (Fsp3) is 0.625. The van der Waals surface area contributed by atoms with Crippen molar-refractivity contribution in [1.29, 1.82) is 0 Å². The molecule has 1 aliphatic rings. The lowest BCUT2D eigenvalue weighted by Crippen LogP contribution is -2.15. The zero-order valence-corrected chi connectivity index (χ0v) is 14.1. The van der Waals surface area contributed by atoms with Crippen LogP contribution >= 0.6 is 0 Å². The second-order valence-electron chi connectivity index (χ2n) is 6.85. The minimum Gasteiger partial charge on any atom is -0.422 e. The molecule has 3 atom stereocenters. The van der Waals surface area contributed by atoms with E-state index in [0.29, 0.717) is 17.5 Å². The van der Waals surface area contributed by atoms with Crippen molar-refractivity contribution in [2.75, 3.05) is 6.61 Å². The van der Waals surface area contributed by atoms with Gasteiger partial charge in [-0.2, -0.15) is 0 Å². The average molecular weight is 277 g/mol. The van der Waals surface area contributed by atoms with Crippen molar-refractivity contribution in [3.63, 3.8) is 0 Å². The van der Waals surface area contributed by atoms with Gasteiger partial charge in [-0.05, 0) is 23.9 Å². The van der Waals surface area contributed by atoms with Crippen molar-refractivity contribution in [2.45, 2.75) is 52.4 Å². The molecule has 1 aliphatic heterocycles. The molecule has 0 aliphatic carbocycles. The largest absolute Gasteiger partial charge is 0.422 e. The Balaban J connectivity index is 1.67. The van der Waals surface area contributed by atoms with Crippen LogP contribution in [0.25, 0.3) is 0 Å². The molecule has 0 amide bonds. The third-order valence-corrected chi connectivity index (χ3v) is 6.14. The molecule has 1 unspecified atom stereocenters. The van der Waals surface area contributed by atoms with E-state index in [1.54, 1.807) is 0 Å². The Morgan fingerprint density at radius 2 is 1.89 bits per heavy atom. The number of benzene rings is 1. The summed E-state index contributed by atoms with van der Waals surface area (Å²) in [4.78, 5) is 2.53. The van der Waals surface area contributed by atoms with Gasteiger partial charge in [0.1, 0.15) is 0 Å². The first-order valence-corrected chi connectivity index (χ1v) is 8.92. The first-order valence-electron chi connectivity index (χ1n) is 7.35. The third kappa shape index (κ3) is 4.75. The average Bonchev–Trinajstić information content (AvgIpc) is 2.95. The van der Waals surface area contributed by atoms with E-state index >= 15 is 0 Å². The van der Waals surface area contributed by atoms with E-state index in [1.807, 2.05) is 0 Å². The first-order chi connectivity index (χ1) is 8.97. The molecular weight excluding hydrogens is 250 g/mol. The SMILES string of the molecule is C[C@H]1[C@@H](CO[SiH2]CC(C)(C)C)N1Cc1ccccc1. The Hall–Kier alpha value is -0.643. The number of hydrogen-bond acceptors (Lipinski definition) is 2. The van der Waals surface area contributed by atoms with Crippen molar-refractivity contribution in [2.24, 2.45) is 5.41 Å². The summed E-state index contributed by atoms with van der Waals surface area (Å²) in [5.41, 5.74) is 1.84. The molecule has 0 saturated carbocycles. The van der Waals surface area contributed by atoms with Crippen LogP contribution < -0.4 is 0 Å². The summed E-state index contributed by atoms with van der Waals surface area (Å²) in [5.74, 6) is 0. The van der Waals surface area contributed by atoms with Gasteiger partial charge in [0, 0.05) is 18.6 Å². The summed E-state index contributed by atoms with van der Waals surface area (Å²) < 4.78 is 5.97. The van der Waals surface area contributed by atoms with Gasteiger partial charge in [-0.1, -0.05) is 51.1 Å². The van der Waals surface area contributed by atoms with Crippen molar-refractivity contribution in [1.82, 2.24) is 4.90 Å². The molecule has 106 valence electrons. The maximum atomic E-state index is 5.97. The van der Waals surface area contributed by atoms with E-state index in [-0.39, 0.29) is 9.76 Å². The van der Waals surface area contributed by atoms with Crippen molar-refractivity contribution in [3.05, 3.63) is 35.9 Å². The molecule has 0 spiro atoms. The third-order valence-electron chi connectivity index (χ3n) is 3.91. The first kappa shape index (κ1) is 14.8. The maximum absolute atomic E-state index is 5.97. The zero-order valence-electron chi connectivity index (χ0n) is 12.7. The molecule has 0 aromatic heterocycles. The van der Waals surface area contributed by atoms with Gasteiger partial charge in [0.25, 0.3) is 0 Å². The van der Waals surface area contributed by atoms with Gasteiger partial charge >= 0.3 is 0 Å². The van der Waals surface area contributed by atoms with E-state index in [4.69, 9.17) is 4.43 Å². The molecule has 2 nitrogen and oxygen atoms in total. The van der Waals surface area contributed by atoms with E-state index in [9.17, 15) is 0 Å². The second kappa shape index (κ2) is 6.20. The van der Waals surface area contributed by atoms with Crippen LogP contribution in [0.3, 0.4) is 0 Å². The molecule has 2 rings (SSSR count). The molecule has 19 heavy (non-hydrogen) atoms. The van der Waals surface area contributed by atoms with E-state index in [2.05, 4.69) is 62.9 Å². The van der Waals surface area contributed by atoms with Crippen molar-refractivity contribution >= 4 is 9.76 Å². The standard InChI is InChI=1S/C16H27NOSi/c1-13-15(11-18-19-12-16(2,3)4)17(13)10-14-8-6-5-7-9-14/h5-9,13,15H,10-12,19H2,1-4H3/t13-,15+,17?/m0/s1. The Morgan fingerprint density at radius 1 is 1.21 bits per heavy atom. The van der Waals surface area contributed by atoms with Crippen LogP contribution in [0.1, 0.15) is 33.3 Å². The smallest absolute Gasteiger partial charge is 0.162 e. The minimum absolute atomic E-state index is 0.338. The highest BCUT2D eigenvalue weighted by molar-refractivity contribution is 6.27. The Kier molecular flexibility index (Phi) is 4.82. The molecule has 0 radical (unpaired) electrons. The molecule has 3 heteroatoms. The van der Waals surface area contributed by atoms with Crippen LogP contribution in [-0.4, -0.2) is 33.4 Å². The van der Waals surface area contributed by atoms with Gasteiger partial charge in [-0.25, -0.2) is 0 Å². The highest BCUT2D eigenvalue weighted by atomic mass is 28.2. The fourth-order valence-corrected chi connectivity index (χ4v) is 3.52. The fourth-order valence-electron chi connectivity index (χ4n) is 2.35. The lowest BCUT2D eigenvalue weighted by molar-refractivity contribution is 0.297. The van der Waals surface area contributed by atoms with Gasteiger partial charge in [0.2, 0.25) is 0 Å². The van der Waals surface area contributed by atoms with Crippen LogP contribution in [0.4, 0.5) is 0 Å². The predicted molar refractivity (Wildman–Crippen MR) is 84.0 cm³/mol. The number of hydrogen-bond donors (Lipinski definition) is 0. The molecule has 0 bridgehead atoms. The van der Waals surface area contributed by atoms with Crippen LogP contribution in [-0.2, 0) is 11.0 Å². The topological polar surface area (TPSA) is 12.2 Å². The van der Waals surface area contributed by atoms with Gasteiger partial charge in [0.15, 0.2) is 9.76 Å². The quantitative estimate of drug-likeness (QED) is 0.450. The molecule has 1 aromatic carbocycles. The minimum atomic E-state index is -0.338. The van der Waals surface area contributed by atoms with Crippen LogP contribution in [0.15, 0.2) is 30.3 Å². The van der Waals surface area contributed by atoms with Gasteiger partial charge in [-0.3, -0.25) is 4.90 Å². The van der Waals surface area contributed by atoms with Crippen LogP contribution in [0, 0.1) is 5.41 Å². The lowest BCUT2D eigenvalue weighted by atomic mass is 10.0. The number of rotatable bonds is 6. The summed E-state index contributed by atoms with van der Waals surface area (Å²) in [6.45, 7) is 11.2. The van der Waals surface area contributed by atoms with Gasteiger partial charge in [-0.15, -0.1) is 0 Å². The highest BCUT2D eigenvalue weighted by Crippen LogP contribution is 2.30. The molecular formula is C16H27NOSi. The molecule has 0 N–H and O–H groups in total. The molecule has 1 fully saturated rings. The van der Waals surface area contributed by atoms with E-state index < -0.39 is 0 Å². The maximum Gasteiger partial charge on any atom is 0.162 e. The molecule has 1 heterocycles. The van der Waals surface area contributed by atoms with E-state index in [1.165, 1.54) is 11.6 Å². The molecule has 1 aromatic rings. The summed E-state index contributed by atoms with van der Waals surface area (Å²) in [7, 11) is -0.338. The summed E-state index contributed by atoms with van der Waals surface area (Å²) in [6, 6.07) is 13.3. The van der Waals surface area contributed by atoms with Crippen LogP contribution in [0.2, 0.25) is 6.04 Å². The van der Waals surface area contributed by atoms with Gasteiger partial charge in [0.05, 0.1) is 6.61 Å². The Labute approximate surface area is 120 Å². The Bertz CT molecular complexity index is 387. The highest BCUT2D eigenvalue weighted by Gasteiger charge is 2.43. The summed E-state index contributed by atoms with van der Waals surface area (Å²) in [5, 5.41) is 0. The predicted octanol–water partition coefficient (Wildman–Crippen LogP) is 2.82. The van der Waals surface area contributed by atoms with Gasteiger partial charge < -0.3 is 4.43 Å². The van der Waals surface area contributed by atoms with Crippen molar-refractivity contribution in [3.8, 4) is 0 Å². The van der Waals surface area contributed by atoms with Crippen LogP contribution in [0.5, 0.6) is 0 Å².